The van der Waals surface area contributed by atoms with Gasteiger partial charge in [0.25, 0.3) is 5.91 Å². The molecule has 4 N–H and O–H groups in total. The number of alkyl halides is 1. The Labute approximate surface area is 138 Å². The zero-order valence-corrected chi connectivity index (χ0v) is 14.3. The topological polar surface area (TPSA) is 98.6 Å². The summed E-state index contributed by atoms with van der Waals surface area (Å²) in [5, 5.41) is 0.300. The van der Waals surface area contributed by atoms with E-state index in [0.717, 1.165) is 0 Å². The summed E-state index contributed by atoms with van der Waals surface area (Å²) in [7, 11) is 0. The maximum absolute atomic E-state index is 14.5. The van der Waals surface area contributed by atoms with E-state index in [-0.39, 0.29) is 12.1 Å². The van der Waals surface area contributed by atoms with E-state index in [1.807, 2.05) is 0 Å². The van der Waals surface area contributed by atoms with Crippen LogP contribution in [0.3, 0.4) is 0 Å². The van der Waals surface area contributed by atoms with Crippen molar-refractivity contribution < 1.29 is 18.7 Å². The number of hydrogen-bond acceptors (Lipinski definition) is 5. The van der Waals surface area contributed by atoms with Crippen LogP contribution in [0.15, 0.2) is 6.07 Å². The molecule has 1 fully saturated rings. The van der Waals surface area contributed by atoms with Crippen molar-refractivity contribution in [2.24, 2.45) is 5.73 Å². The molecule has 2 atom stereocenters. The van der Waals surface area contributed by atoms with E-state index in [4.69, 9.17) is 16.2 Å². The van der Waals surface area contributed by atoms with E-state index < -0.39 is 29.7 Å². The molecule has 128 valence electrons. The average Bonchev–Trinajstić information content (AvgIpc) is 2.78. The molecule has 1 aromatic heterocycles. The first kappa shape index (κ1) is 17.5. The van der Waals surface area contributed by atoms with Crippen molar-refractivity contribution in [1.29, 1.82) is 0 Å². The molecule has 1 aliphatic heterocycles. The van der Waals surface area contributed by atoms with Gasteiger partial charge in [-0.05, 0) is 33.3 Å². The minimum atomic E-state index is -1.24. The van der Waals surface area contributed by atoms with Gasteiger partial charge in [-0.3, -0.25) is 4.79 Å². The molecule has 1 aromatic rings. The maximum atomic E-state index is 14.5. The molecule has 0 spiro atoms. The number of piperidine rings is 1. The number of amides is 2. The van der Waals surface area contributed by atoms with E-state index in [1.165, 1.54) is 16.2 Å². The Morgan fingerprint density at radius 3 is 2.57 bits per heavy atom. The fourth-order valence-corrected chi connectivity index (χ4v) is 3.63. The minimum Gasteiger partial charge on any atom is -0.444 e. The molecule has 0 saturated carbocycles. The van der Waals surface area contributed by atoms with Crippen LogP contribution in [0.2, 0.25) is 0 Å². The monoisotopic (exact) mass is 343 g/mol. The number of likely N-dealkylation sites (tertiary alicyclic amines) is 1. The second-order valence-corrected chi connectivity index (χ2v) is 7.74. The molecule has 1 aliphatic rings. The van der Waals surface area contributed by atoms with E-state index in [9.17, 15) is 14.0 Å². The van der Waals surface area contributed by atoms with Crippen LogP contribution in [0.25, 0.3) is 0 Å². The normalized spacial score (nSPS) is 22.0. The van der Waals surface area contributed by atoms with Gasteiger partial charge in [0.1, 0.15) is 11.8 Å². The molecule has 0 bridgehead atoms. The number of anilines is 1. The van der Waals surface area contributed by atoms with Gasteiger partial charge >= 0.3 is 6.09 Å². The number of nitrogens with zero attached hydrogens (tertiary/aromatic N) is 1. The number of hydrogen-bond donors (Lipinski definition) is 2. The molecule has 2 rings (SSSR count). The fraction of sp³-hybridized carbons (Fsp3) is 0.600. The van der Waals surface area contributed by atoms with Crippen LogP contribution in [0.5, 0.6) is 0 Å². The lowest BCUT2D eigenvalue weighted by atomic mass is 9.93. The fourth-order valence-electron chi connectivity index (χ4n) is 2.52. The van der Waals surface area contributed by atoms with Gasteiger partial charge in [0, 0.05) is 17.3 Å². The molecule has 0 aromatic carbocycles. The van der Waals surface area contributed by atoms with Gasteiger partial charge in [-0.25, -0.2) is 9.18 Å². The Hall–Kier alpha value is -1.83. The summed E-state index contributed by atoms with van der Waals surface area (Å²) in [6.07, 6.45) is -1.31. The lowest BCUT2D eigenvalue weighted by Gasteiger charge is -2.35. The largest absolute Gasteiger partial charge is 0.444 e. The number of carbonyl (C=O) groups excluding carboxylic acids is 2. The Balaban J connectivity index is 2.06. The summed E-state index contributed by atoms with van der Waals surface area (Å²) in [4.78, 5) is 25.3. The van der Waals surface area contributed by atoms with Gasteiger partial charge in [-0.2, -0.15) is 0 Å². The smallest absolute Gasteiger partial charge is 0.410 e. The third-order valence-corrected chi connectivity index (χ3v) is 4.70. The summed E-state index contributed by atoms with van der Waals surface area (Å²) < 4.78 is 19.8. The highest BCUT2D eigenvalue weighted by atomic mass is 32.1. The number of halogens is 1. The van der Waals surface area contributed by atoms with Crippen LogP contribution in [-0.2, 0) is 4.74 Å². The highest BCUT2D eigenvalue weighted by molar-refractivity contribution is 7.16. The van der Waals surface area contributed by atoms with Crippen molar-refractivity contribution in [2.75, 3.05) is 18.8 Å². The minimum absolute atomic E-state index is 0.0384. The van der Waals surface area contributed by atoms with Crippen LogP contribution in [0.1, 0.15) is 48.3 Å². The van der Waals surface area contributed by atoms with Crippen molar-refractivity contribution >= 4 is 28.3 Å². The predicted molar refractivity (Wildman–Crippen MR) is 87.3 cm³/mol. The average molecular weight is 343 g/mol. The number of nitrogen functional groups attached to an aromatic ring is 1. The predicted octanol–water partition coefficient (Wildman–Crippen LogP) is 2.49. The van der Waals surface area contributed by atoms with Crippen molar-refractivity contribution in [3.05, 3.63) is 16.5 Å². The molecule has 8 heteroatoms. The number of nitrogens with two attached hydrogens (primary N) is 2. The summed E-state index contributed by atoms with van der Waals surface area (Å²) in [5.74, 6) is -1.01. The van der Waals surface area contributed by atoms with Gasteiger partial charge < -0.3 is 21.1 Å². The van der Waals surface area contributed by atoms with Crippen molar-refractivity contribution in [3.63, 3.8) is 0 Å². The van der Waals surface area contributed by atoms with E-state index in [0.29, 0.717) is 22.8 Å². The Bertz CT molecular complexity index is 612. The molecule has 0 radical (unpaired) electrons. The first-order valence-electron chi connectivity index (χ1n) is 7.39. The lowest BCUT2D eigenvalue weighted by Crippen LogP contribution is -2.46. The van der Waals surface area contributed by atoms with Gasteiger partial charge in [0.05, 0.1) is 17.1 Å². The van der Waals surface area contributed by atoms with Crippen LogP contribution >= 0.6 is 11.3 Å². The van der Waals surface area contributed by atoms with E-state index in [1.54, 1.807) is 26.8 Å². The maximum Gasteiger partial charge on any atom is 0.410 e. The Morgan fingerprint density at radius 2 is 2.09 bits per heavy atom. The highest BCUT2D eigenvalue weighted by Crippen LogP contribution is 2.38. The number of thiophene rings is 1. The summed E-state index contributed by atoms with van der Waals surface area (Å²) in [6, 6.07) is 1.56. The van der Waals surface area contributed by atoms with Gasteiger partial charge in [0.2, 0.25) is 0 Å². The Morgan fingerprint density at radius 1 is 1.43 bits per heavy atom. The number of rotatable bonds is 2. The van der Waals surface area contributed by atoms with Crippen LogP contribution < -0.4 is 11.5 Å². The second kappa shape index (κ2) is 6.35. The lowest BCUT2D eigenvalue weighted by molar-refractivity contribution is 0.0113. The molecule has 2 heterocycles. The first-order chi connectivity index (χ1) is 10.6. The van der Waals surface area contributed by atoms with Crippen molar-refractivity contribution in [1.82, 2.24) is 4.90 Å². The molecule has 23 heavy (non-hydrogen) atoms. The summed E-state index contributed by atoms with van der Waals surface area (Å²) in [5.41, 5.74) is 10.6. The van der Waals surface area contributed by atoms with E-state index in [2.05, 4.69) is 0 Å². The molecule has 2 amide bonds. The second-order valence-electron chi connectivity index (χ2n) is 6.63. The molecule has 1 saturated heterocycles. The van der Waals surface area contributed by atoms with E-state index >= 15 is 0 Å². The van der Waals surface area contributed by atoms with Crippen LogP contribution in [-0.4, -0.2) is 41.8 Å². The highest BCUT2D eigenvalue weighted by Gasteiger charge is 2.35. The summed E-state index contributed by atoms with van der Waals surface area (Å²) >= 11 is 1.17. The number of primary amides is 1. The number of carbonyl (C=O) groups is 2. The molecule has 0 aliphatic carbocycles. The van der Waals surface area contributed by atoms with Crippen LogP contribution in [0.4, 0.5) is 14.2 Å². The standard InChI is InChI=1S/C15H22FN3O3S/c1-15(2,3)22-14(21)19-5-4-8(10(16)7-19)11-6-9(12(17)20)13(18)23-11/h6,8,10H,4-5,7,18H2,1-3H3,(H2,17,20)/t8-,10-/m0/s1. The van der Waals surface area contributed by atoms with Crippen molar-refractivity contribution in [3.8, 4) is 0 Å². The first-order valence-corrected chi connectivity index (χ1v) is 8.21. The zero-order valence-electron chi connectivity index (χ0n) is 13.5. The SMILES string of the molecule is CC(C)(C)OC(=O)N1CC[C@H](c2cc(C(N)=O)c(N)s2)[C@@H](F)C1. The van der Waals surface area contributed by atoms with Gasteiger partial charge in [-0.1, -0.05) is 0 Å². The molecular formula is C15H22FN3O3S. The molecular weight excluding hydrogens is 321 g/mol. The number of ether oxygens (including phenoxy) is 1. The third kappa shape index (κ3) is 4.13. The summed E-state index contributed by atoms with van der Waals surface area (Å²) in [6.45, 7) is 5.66. The molecule has 0 unspecified atom stereocenters. The third-order valence-electron chi connectivity index (χ3n) is 3.60. The quantitative estimate of drug-likeness (QED) is 0.862. The van der Waals surface area contributed by atoms with Crippen LogP contribution in [0, 0.1) is 0 Å². The Kier molecular flexibility index (Phi) is 4.84. The zero-order chi connectivity index (χ0) is 17.4. The van der Waals surface area contributed by atoms with Gasteiger partial charge in [0.15, 0.2) is 0 Å². The van der Waals surface area contributed by atoms with Crippen molar-refractivity contribution in [2.45, 2.75) is 44.9 Å². The van der Waals surface area contributed by atoms with Gasteiger partial charge in [-0.15, -0.1) is 11.3 Å². The molecule has 6 nitrogen and oxygen atoms in total.